The van der Waals surface area contributed by atoms with Crippen molar-refractivity contribution in [3.63, 3.8) is 0 Å². The van der Waals surface area contributed by atoms with E-state index in [4.69, 9.17) is 4.74 Å². The van der Waals surface area contributed by atoms with E-state index >= 15 is 0 Å². The number of thioether (sulfide) groups is 1. The summed E-state index contributed by atoms with van der Waals surface area (Å²) in [6, 6.07) is 3.91. The third kappa shape index (κ3) is 4.31. The zero-order valence-corrected chi connectivity index (χ0v) is 15.5. The highest BCUT2D eigenvalue weighted by Gasteiger charge is 2.38. The van der Waals surface area contributed by atoms with E-state index in [9.17, 15) is 19.7 Å². The van der Waals surface area contributed by atoms with Crippen LogP contribution in [-0.4, -0.2) is 52.3 Å². The van der Waals surface area contributed by atoms with E-state index in [0.717, 1.165) is 0 Å². The summed E-state index contributed by atoms with van der Waals surface area (Å²) in [6.07, 6.45) is -0.0249. The number of carbonyl (C=O) groups excluding carboxylic acids is 2. The van der Waals surface area contributed by atoms with Crippen LogP contribution in [0.2, 0.25) is 0 Å². The Morgan fingerprint density at radius 1 is 1.46 bits per heavy atom. The van der Waals surface area contributed by atoms with Gasteiger partial charge < -0.3 is 10.1 Å². The number of amidine groups is 1. The van der Waals surface area contributed by atoms with Gasteiger partial charge in [-0.25, -0.2) is 0 Å². The normalized spacial score (nSPS) is 18.3. The van der Waals surface area contributed by atoms with Crippen molar-refractivity contribution in [2.24, 2.45) is 4.99 Å². The number of carbonyl (C=O) groups is 2. The second-order valence-corrected chi connectivity index (χ2v) is 6.51. The van der Waals surface area contributed by atoms with Crippen LogP contribution in [0.5, 0.6) is 5.75 Å². The van der Waals surface area contributed by atoms with E-state index in [1.165, 1.54) is 37.1 Å². The summed E-state index contributed by atoms with van der Waals surface area (Å²) in [6.45, 7) is 4.80. The number of hydrogen-bond acceptors (Lipinski definition) is 7. The molecule has 26 heavy (non-hydrogen) atoms. The van der Waals surface area contributed by atoms with Crippen molar-refractivity contribution in [1.29, 1.82) is 0 Å². The second kappa shape index (κ2) is 8.65. The van der Waals surface area contributed by atoms with Crippen LogP contribution < -0.4 is 10.1 Å². The molecule has 2 rings (SSSR count). The first-order valence-corrected chi connectivity index (χ1v) is 8.93. The van der Waals surface area contributed by atoms with Crippen molar-refractivity contribution in [3.05, 3.63) is 28.3 Å². The maximum absolute atomic E-state index is 12.4. The molecule has 1 aliphatic rings. The smallest absolute Gasteiger partial charge is 0.273 e. The number of nitrogens with zero attached hydrogens (tertiary/aromatic N) is 3. The molecular weight excluding hydrogens is 360 g/mol. The molecule has 0 saturated carbocycles. The lowest BCUT2D eigenvalue weighted by Crippen LogP contribution is -2.33. The Hall–Kier alpha value is -2.62. The van der Waals surface area contributed by atoms with Gasteiger partial charge in [0.15, 0.2) is 5.17 Å². The zero-order chi connectivity index (χ0) is 19.3. The highest BCUT2D eigenvalue weighted by Crippen LogP contribution is 2.32. The fraction of sp³-hybridized carbons (Fsp3) is 0.438. The zero-order valence-electron chi connectivity index (χ0n) is 14.7. The average molecular weight is 380 g/mol. The van der Waals surface area contributed by atoms with E-state index < -0.39 is 10.2 Å². The van der Waals surface area contributed by atoms with E-state index in [1.807, 2.05) is 13.8 Å². The number of nitro groups is 1. The lowest BCUT2D eigenvalue weighted by Gasteiger charge is -2.13. The first-order valence-electron chi connectivity index (χ1n) is 8.06. The molecule has 1 N–H and O–H groups in total. The van der Waals surface area contributed by atoms with E-state index in [0.29, 0.717) is 23.9 Å². The highest BCUT2D eigenvalue weighted by atomic mass is 32.2. The highest BCUT2D eigenvalue weighted by molar-refractivity contribution is 8.15. The van der Waals surface area contributed by atoms with Crippen molar-refractivity contribution in [1.82, 2.24) is 4.90 Å². The lowest BCUT2D eigenvalue weighted by molar-refractivity contribution is -0.384. The van der Waals surface area contributed by atoms with Gasteiger partial charge in [-0.3, -0.25) is 29.6 Å². The van der Waals surface area contributed by atoms with Crippen molar-refractivity contribution >= 4 is 40.1 Å². The molecule has 0 radical (unpaired) electrons. The lowest BCUT2D eigenvalue weighted by atomic mass is 10.2. The van der Waals surface area contributed by atoms with Gasteiger partial charge in [-0.2, -0.15) is 0 Å². The monoisotopic (exact) mass is 380 g/mol. The molecular formula is C16H20N4O5S. The van der Waals surface area contributed by atoms with Crippen molar-refractivity contribution < 1.29 is 19.2 Å². The number of hydrogen-bond donors (Lipinski definition) is 1. The van der Waals surface area contributed by atoms with E-state index in [1.54, 1.807) is 4.90 Å². The Balaban J connectivity index is 2.08. The molecule has 0 unspecified atom stereocenters. The van der Waals surface area contributed by atoms with Crippen LogP contribution in [0, 0.1) is 10.1 Å². The Morgan fingerprint density at radius 3 is 2.77 bits per heavy atom. The first-order chi connectivity index (χ1) is 12.4. The van der Waals surface area contributed by atoms with Gasteiger partial charge in [-0.1, -0.05) is 11.8 Å². The number of benzene rings is 1. The van der Waals surface area contributed by atoms with Crippen LogP contribution >= 0.6 is 11.8 Å². The number of nitrogens with one attached hydrogen (secondary N) is 1. The Bertz CT molecular complexity index is 752. The van der Waals surface area contributed by atoms with E-state index in [2.05, 4.69) is 10.3 Å². The molecule has 1 atom stereocenters. The minimum absolute atomic E-state index is 0.0249. The number of ether oxygens (including phenoxy) is 1. The summed E-state index contributed by atoms with van der Waals surface area (Å²) >= 11 is 1.28. The van der Waals surface area contributed by atoms with Gasteiger partial charge in [0.05, 0.1) is 23.8 Å². The SMILES string of the molecule is CCN=C1S[C@@H](CC(=O)Nc2ccc([N+](=O)[O-])cc2OC)C(=O)N1CC. The fourth-order valence-corrected chi connectivity index (χ4v) is 3.72. The fourth-order valence-electron chi connectivity index (χ4n) is 2.45. The Kier molecular flexibility index (Phi) is 6.56. The quantitative estimate of drug-likeness (QED) is 0.573. The number of non-ortho nitro benzene ring substituents is 1. The maximum Gasteiger partial charge on any atom is 0.273 e. The molecule has 1 heterocycles. The summed E-state index contributed by atoms with van der Waals surface area (Å²) in [5, 5.41) is 13.6. The molecule has 10 heteroatoms. The summed E-state index contributed by atoms with van der Waals surface area (Å²) in [5.74, 6) is -0.339. The minimum Gasteiger partial charge on any atom is -0.494 e. The summed E-state index contributed by atoms with van der Waals surface area (Å²) < 4.78 is 5.09. The molecule has 140 valence electrons. The van der Waals surface area contributed by atoms with Crippen LogP contribution in [0.1, 0.15) is 20.3 Å². The summed E-state index contributed by atoms with van der Waals surface area (Å²) in [4.78, 5) is 40.9. The molecule has 0 aromatic heterocycles. The van der Waals surface area contributed by atoms with Crippen LogP contribution in [0.4, 0.5) is 11.4 Å². The van der Waals surface area contributed by atoms with Gasteiger partial charge in [0, 0.05) is 25.6 Å². The molecule has 0 spiro atoms. The number of nitro benzene ring substituents is 1. The maximum atomic E-state index is 12.4. The molecule has 1 saturated heterocycles. The van der Waals surface area contributed by atoms with Crippen molar-refractivity contribution in [2.45, 2.75) is 25.5 Å². The summed E-state index contributed by atoms with van der Waals surface area (Å²) in [5.41, 5.74) is 0.175. The average Bonchev–Trinajstić information content (AvgIpc) is 2.90. The largest absolute Gasteiger partial charge is 0.494 e. The second-order valence-electron chi connectivity index (χ2n) is 5.34. The van der Waals surface area contributed by atoms with Crippen molar-refractivity contribution in [2.75, 3.05) is 25.5 Å². The van der Waals surface area contributed by atoms with Crippen molar-refractivity contribution in [3.8, 4) is 5.75 Å². The molecule has 2 amide bonds. The third-order valence-electron chi connectivity index (χ3n) is 3.67. The Morgan fingerprint density at radius 2 is 2.19 bits per heavy atom. The molecule has 1 fully saturated rings. The van der Waals surface area contributed by atoms with Crippen LogP contribution in [0.3, 0.4) is 0 Å². The number of aliphatic imine (C=N–C) groups is 1. The number of amides is 2. The standard InChI is InChI=1S/C16H20N4O5S/c1-4-17-16-19(5-2)15(22)13(26-16)9-14(21)18-11-7-6-10(20(23)24)8-12(11)25-3/h6-8,13H,4-5,9H2,1-3H3,(H,18,21)/t13-/m0/s1. The van der Waals surface area contributed by atoms with Crippen LogP contribution in [0.15, 0.2) is 23.2 Å². The van der Waals surface area contributed by atoms with Crippen LogP contribution in [-0.2, 0) is 9.59 Å². The van der Waals surface area contributed by atoms with Gasteiger partial charge in [0.25, 0.3) is 5.69 Å². The predicted octanol–water partition coefficient (Wildman–Crippen LogP) is 2.27. The topological polar surface area (TPSA) is 114 Å². The predicted molar refractivity (Wildman–Crippen MR) is 99.6 cm³/mol. The van der Waals surface area contributed by atoms with Gasteiger partial charge in [-0.15, -0.1) is 0 Å². The molecule has 0 aliphatic carbocycles. The molecule has 1 aliphatic heterocycles. The molecule has 1 aromatic rings. The third-order valence-corrected chi connectivity index (χ3v) is 4.88. The molecule has 0 bridgehead atoms. The minimum atomic E-state index is -0.546. The van der Waals surface area contributed by atoms with Gasteiger partial charge in [0.2, 0.25) is 11.8 Å². The van der Waals surface area contributed by atoms with E-state index in [-0.39, 0.29) is 29.7 Å². The molecule has 1 aromatic carbocycles. The number of methoxy groups -OCH3 is 1. The molecule has 9 nitrogen and oxygen atoms in total. The first kappa shape index (κ1) is 19.7. The number of anilines is 1. The van der Waals surface area contributed by atoms with Gasteiger partial charge in [-0.05, 0) is 19.9 Å². The van der Waals surface area contributed by atoms with Gasteiger partial charge >= 0.3 is 0 Å². The van der Waals surface area contributed by atoms with Crippen LogP contribution in [0.25, 0.3) is 0 Å². The Labute approximate surface area is 154 Å². The number of rotatable bonds is 7. The van der Waals surface area contributed by atoms with Gasteiger partial charge in [0.1, 0.15) is 11.0 Å². The summed E-state index contributed by atoms with van der Waals surface area (Å²) in [7, 11) is 1.36.